The molecule has 1 aliphatic heterocycles. The summed E-state index contributed by atoms with van der Waals surface area (Å²) in [7, 11) is 0. The third-order valence-electron chi connectivity index (χ3n) is 2.24. The average molecular weight is 240 g/mol. The van der Waals surface area contributed by atoms with E-state index in [1.165, 1.54) is 0 Å². The van der Waals surface area contributed by atoms with Crippen molar-refractivity contribution >= 4 is 36.0 Å². The molecule has 3 nitrogen and oxygen atoms in total. The van der Waals surface area contributed by atoms with Crippen molar-refractivity contribution in [1.82, 2.24) is 0 Å². The zero-order valence-corrected chi connectivity index (χ0v) is 9.78. The summed E-state index contributed by atoms with van der Waals surface area (Å²) in [6.07, 6.45) is 0. The van der Waals surface area contributed by atoms with Crippen LogP contribution in [0.25, 0.3) is 0 Å². The standard InChI is InChI=1S/C10H12N2OS2/c11-4-8(14)6-1-2-9-7(3-6)12-10(13)5-15-9/h1-3,8,14H,4-5,11H2,(H,12,13). The minimum absolute atomic E-state index is 0.0270. The van der Waals surface area contributed by atoms with Crippen LogP contribution >= 0.6 is 24.4 Å². The van der Waals surface area contributed by atoms with Gasteiger partial charge in [0.2, 0.25) is 5.91 Å². The molecule has 5 heteroatoms. The van der Waals surface area contributed by atoms with Crippen LogP contribution in [0.5, 0.6) is 0 Å². The van der Waals surface area contributed by atoms with Gasteiger partial charge in [-0.2, -0.15) is 12.6 Å². The van der Waals surface area contributed by atoms with E-state index >= 15 is 0 Å². The van der Waals surface area contributed by atoms with Crippen molar-refractivity contribution in [3.63, 3.8) is 0 Å². The van der Waals surface area contributed by atoms with Crippen LogP contribution in [0.2, 0.25) is 0 Å². The predicted octanol–water partition coefficient (Wildman–Crippen LogP) is 1.66. The molecule has 1 amide bonds. The third kappa shape index (κ3) is 2.30. The zero-order chi connectivity index (χ0) is 10.8. The fourth-order valence-electron chi connectivity index (χ4n) is 1.44. The topological polar surface area (TPSA) is 55.1 Å². The summed E-state index contributed by atoms with van der Waals surface area (Å²) >= 11 is 5.92. The molecular formula is C10H12N2OS2. The zero-order valence-electron chi connectivity index (χ0n) is 8.06. The molecule has 0 spiro atoms. The van der Waals surface area contributed by atoms with Gasteiger partial charge in [-0.15, -0.1) is 11.8 Å². The van der Waals surface area contributed by atoms with Gasteiger partial charge in [0.25, 0.3) is 0 Å². The first-order valence-electron chi connectivity index (χ1n) is 4.65. The highest BCUT2D eigenvalue weighted by Crippen LogP contribution is 2.34. The molecule has 2 rings (SSSR count). The lowest BCUT2D eigenvalue weighted by atomic mass is 10.1. The van der Waals surface area contributed by atoms with Crippen molar-refractivity contribution in [2.75, 3.05) is 17.6 Å². The normalized spacial score (nSPS) is 16.8. The number of thioether (sulfide) groups is 1. The van der Waals surface area contributed by atoms with E-state index < -0.39 is 0 Å². The van der Waals surface area contributed by atoms with Crippen LogP contribution in [-0.4, -0.2) is 18.2 Å². The molecule has 1 atom stereocenters. The molecule has 1 aromatic rings. The number of anilines is 1. The molecule has 1 aliphatic rings. The second-order valence-electron chi connectivity index (χ2n) is 3.34. The van der Waals surface area contributed by atoms with Gasteiger partial charge in [0.05, 0.1) is 11.4 Å². The number of hydrogen-bond donors (Lipinski definition) is 3. The number of nitrogens with one attached hydrogen (secondary N) is 1. The monoisotopic (exact) mass is 240 g/mol. The number of benzene rings is 1. The Hall–Kier alpha value is -0.650. The van der Waals surface area contributed by atoms with Crippen LogP contribution in [0.15, 0.2) is 23.1 Å². The lowest BCUT2D eigenvalue weighted by Gasteiger charge is -2.18. The average Bonchev–Trinajstić information content (AvgIpc) is 2.27. The second kappa shape index (κ2) is 4.47. The van der Waals surface area contributed by atoms with Gasteiger partial charge in [0, 0.05) is 16.7 Å². The Bertz CT molecular complexity index is 395. The molecule has 0 saturated heterocycles. The highest BCUT2D eigenvalue weighted by Gasteiger charge is 2.16. The fourth-order valence-corrected chi connectivity index (χ4v) is 2.39. The number of fused-ring (bicyclic) bond motifs is 1. The van der Waals surface area contributed by atoms with Gasteiger partial charge in [-0.05, 0) is 17.7 Å². The van der Waals surface area contributed by atoms with Gasteiger partial charge < -0.3 is 11.1 Å². The van der Waals surface area contributed by atoms with Gasteiger partial charge >= 0.3 is 0 Å². The summed E-state index contributed by atoms with van der Waals surface area (Å²) in [5.74, 6) is 0.543. The Morgan fingerprint density at radius 1 is 1.60 bits per heavy atom. The highest BCUT2D eigenvalue weighted by atomic mass is 32.2. The molecule has 1 unspecified atom stereocenters. The lowest BCUT2D eigenvalue weighted by molar-refractivity contribution is -0.113. The Balaban J connectivity index is 2.32. The van der Waals surface area contributed by atoms with Crippen molar-refractivity contribution in [3.05, 3.63) is 23.8 Å². The number of rotatable bonds is 2. The SMILES string of the molecule is NCC(S)c1ccc2c(c1)NC(=O)CS2. The van der Waals surface area contributed by atoms with E-state index in [9.17, 15) is 4.79 Å². The molecule has 0 bridgehead atoms. The molecule has 0 fully saturated rings. The summed E-state index contributed by atoms with van der Waals surface area (Å²) in [5.41, 5.74) is 7.46. The molecule has 15 heavy (non-hydrogen) atoms. The second-order valence-corrected chi connectivity index (χ2v) is 4.98. The van der Waals surface area contributed by atoms with E-state index in [2.05, 4.69) is 17.9 Å². The molecule has 1 aromatic carbocycles. The first kappa shape index (κ1) is 10.9. The maximum atomic E-state index is 11.2. The number of nitrogens with two attached hydrogens (primary N) is 1. The van der Waals surface area contributed by atoms with E-state index in [0.29, 0.717) is 12.3 Å². The summed E-state index contributed by atoms with van der Waals surface area (Å²) in [6, 6.07) is 5.96. The van der Waals surface area contributed by atoms with E-state index in [-0.39, 0.29) is 11.2 Å². The van der Waals surface area contributed by atoms with Crippen molar-refractivity contribution in [2.24, 2.45) is 5.73 Å². The Kier molecular flexibility index (Phi) is 3.23. The van der Waals surface area contributed by atoms with Gasteiger partial charge in [0.15, 0.2) is 0 Å². The summed E-state index contributed by atoms with van der Waals surface area (Å²) in [4.78, 5) is 12.3. The molecule has 0 aliphatic carbocycles. The molecule has 0 saturated carbocycles. The lowest BCUT2D eigenvalue weighted by Crippen LogP contribution is -2.19. The van der Waals surface area contributed by atoms with Crippen molar-refractivity contribution in [3.8, 4) is 0 Å². The smallest absolute Gasteiger partial charge is 0.234 e. The minimum atomic E-state index is 0.0270. The van der Waals surface area contributed by atoms with Crippen LogP contribution in [0, 0.1) is 0 Å². The first-order valence-corrected chi connectivity index (χ1v) is 6.15. The minimum Gasteiger partial charge on any atom is -0.329 e. The van der Waals surface area contributed by atoms with Crippen LogP contribution in [-0.2, 0) is 4.79 Å². The molecule has 0 aromatic heterocycles. The molecular weight excluding hydrogens is 228 g/mol. The maximum Gasteiger partial charge on any atom is 0.234 e. The number of thiol groups is 1. The van der Waals surface area contributed by atoms with Crippen LogP contribution in [0.3, 0.4) is 0 Å². The third-order valence-corrected chi connectivity index (χ3v) is 3.83. The van der Waals surface area contributed by atoms with Crippen LogP contribution < -0.4 is 11.1 Å². The Morgan fingerprint density at radius 2 is 2.40 bits per heavy atom. The maximum absolute atomic E-state index is 11.2. The van der Waals surface area contributed by atoms with E-state index in [0.717, 1.165) is 16.1 Å². The largest absolute Gasteiger partial charge is 0.329 e. The Labute approximate surface area is 98.2 Å². The number of carbonyl (C=O) groups is 1. The summed E-state index contributed by atoms with van der Waals surface area (Å²) < 4.78 is 0. The molecule has 80 valence electrons. The van der Waals surface area contributed by atoms with E-state index in [1.54, 1.807) is 11.8 Å². The molecule has 1 heterocycles. The summed E-state index contributed by atoms with van der Waals surface area (Å²) in [5, 5.41) is 2.87. The number of amides is 1. The van der Waals surface area contributed by atoms with Crippen molar-refractivity contribution < 1.29 is 4.79 Å². The van der Waals surface area contributed by atoms with E-state index in [1.807, 2.05) is 18.2 Å². The highest BCUT2D eigenvalue weighted by molar-refractivity contribution is 8.00. The quantitative estimate of drug-likeness (QED) is 0.689. The Morgan fingerprint density at radius 3 is 3.13 bits per heavy atom. The van der Waals surface area contributed by atoms with Gasteiger partial charge in [-0.1, -0.05) is 6.07 Å². The van der Waals surface area contributed by atoms with Gasteiger partial charge in [-0.25, -0.2) is 0 Å². The summed E-state index contributed by atoms with van der Waals surface area (Å²) in [6.45, 7) is 0.489. The van der Waals surface area contributed by atoms with E-state index in [4.69, 9.17) is 5.73 Å². The first-order chi connectivity index (χ1) is 7.20. The molecule has 0 radical (unpaired) electrons. The van der Waals surface area contributed by atoms with Gasteiger partial charge in [-0.3, -0.25) is 4.79 Å². The number of carbonyl (C=O) groups excluding carboxylic acids is 1. The van der Waals surface area contributed by atoms with Gasteiger partial charge in [0.1, 0.15) is 0 Å². The predicted molar refractivity (Wildman–Crippen MR) is 66.6 cm³/mol. The van der Waals surface area contributed by atoms with Crippen molar-refractivity contribution in [1.29, 1.82) is 0 Å². The fraction of sp³-hybridized carbons (Fsp3) is 0.300. The van der Waals surface area contributed by atoms with Crippen LogP contribution in [0.4, 0.5) is 5.69 Å². The van der Waals surface area contributed by atoms with Crippen molar-refractivity contribution in [2.45, 2.75) is 10.1 Å². The molecule has 3 N–H and O–H groups in total. The number of hydrogen-bond acceptors (Lipinski definition) is 4. The van der Waals surface area contributed by atoms with Crippen LogP contribution in [0.1, 0.15) is 10.8 Å².